The molecule has 0 aliphatic carbocycles. The van der Waals surface area contributed by atoms with Crippen molar-refractivity contribution in [3.63, 3.8) is 0 Å². The van der Waals surface area contributed by atoms with Gasteiger partial charge in [0.05, 0.1) is 6.61 Å². The van der Waals surface area contributed by atoms with Gasteiger partial charge in [0.2, 0.25) is 0 Å². The van der Waals surface area contributed by atoms with Gasteiger partial charge in [-0.2, -0.15) is 0 Å². The second-order valence-electron chi connectivity index (χ2n) is 7.70. The number of rotatable bonds is 8. The van der Waals surface area contributed by atoms with E-state index in [4.69, 9.17) is 14.6 Å². The molecule has 0 unspecified atom stereocenters. The molecule has 7 nitrogen and oxygen atoms in total. The van der Waals surface area contributed by atoms with Crippen LogP contribution in [-0.2, 0) is 9.53 Å². The first-order chi connectivity index (χ1) is 12.7. The highest BCUT2D eigenvalue weighted by atomic mass is 16.5. The van der Waals surface area contributed by atoms with Crippen molar-refractivity contribution in [2.24, 2.45) is 5.92 Å². The number of benzene rings is 1. The number of nitrogens with one attached hydrogen (secondary N) is 2. The van der Waals surface area contributed by atoms with Crippen molar-refractivity contribution in [3.8, 4) is 5.75 Å². The number of aryl methyl sites for hydroxylation is 1. The minimum absolute atomic E-state index is 0.00199. The van der Waals surface area contributed by atoms with Crippen LogP contribution < -0.4 is 15.4 Å². The van der Waals surface area contributed by atoms with Crippen LogP contribution in [0, 0.1) is 12.8 Å². The Bertz CT molecular complexity index is 654. The number of aliphatic carboxylic acids is 1. The van der Waals surface area contributed by atoms with E-state index in [0.29, 0.717) is 24.6 Å². The SMILES string of the molecule is Cc1ccc(NC(=O)NC(C)(C)CCC(=O)O)cc1OCC1CCOCC1. The molecule has 1 heterocycles. The minimum Gasteiger partial charge on any atom is -0.493 e. The second-order valence-corrected chi connectivity index (χ2v) is 7.70. The first-order valence-electron chi connectivity index (χ1n) is 9.37. The van der Waals surface area contributed by atoms with Crippen molar-refractivity contribution in [1.82, 2.24) is 5.32 Å². The molecule has 0 radical (unpaired) electrons. The Morgan fingerprint density at radius 2 is 2.00 bits per heavy atom. The van der Waals surface area contributed by atoms with Crippen molar-refractivity contribution in [2.45, 2.75) is 52.0 Å². The summed E-state index contributed by atoms with van der Waals surface area (Å²) in [5.74, 6) is 0.368. The van der Waals surface area contributed by atoms with E-state index in [2.05, 4.69) is 10.6 Å². The van der Waals surface area contributed by atoms with E-state index in [1.54, 1.807) is 13.8 Å². The van der Waals surface area contributed by atoms with Gasteiger partial charge in [0.1, 0.15) is 5.75 Å². The highest BCUT2D eigenvalue weighted by Gasteiger charge is 2.22. The molecule has 1 aliphatic heterocycles. The summed E-state index contributed by atoms with van der Waals surface area (Å²) in [7, 11) is 0. The summed E-state index contributed by atoms with van der Waals surface area (Å²) in [5, 5.41) is 14.4. The maximum Gasteiger partial charge on any atom is 0.319 e. The van der Waals surface area contributed by atoms with Crippen LogP contribution in [0.5, 0.6) is 5.75 Å². The Labute approximate surface area is 160 Å². The van der Waals surface area contributed by atoms with Crippen LogP contribution >= 0.6 is 0 Å². The second kappa shape index (κ2) is 9.60. The molecule has 0 aromatic heterocycles. The molecule has 0 bridgehead atoms. The van der Waals surface area contributed by atoms with Crippen molar-refractivity contribution in [1.29, 1.82) is 0 Å². The summed E-state index contributed by atoms with van der Waals surface area (Å²) in [6.45, 7) is 7.78. The van der Waals surface area contributed by atoms with E-state index in [0.717, 1.165) is 37.4 Å². The summed E-state index contributed by atoms with van der Waals surface area (Å²) in [4.78, 5) is 23.0. The number of carbonyl (C=O) groups excluding carboxylic acids is 1. The molecule has 1 aromatic rings. The van der Waals surface area contributed by atoms with Gasteiger partial charge in [-0.05, 0) is 57.6 Å². The molecule has 7 heteroatoms. The molecule has 0 spiro atoms. The van der Waals surface area contributed by atoms with Crippen LogP contribution in [0.2, 0.25) is 0 Å². The van der Waals surface area contributed by atoms with Gasteiger partial charge >= 0.3 is 12.0 Å². The Kier molecular flexibility index (Phi) is 7.47. The number of anilines is 1. The van der Waals surface area contributed by atoms with Crippen LogP contribution in [0.25, 0.3) is 0 Å². The number of hydrogen-bond donors (Lipinski definition) is 3. The summed E-state index contributed by atoms with van der Waals surface area (Å²) in [6.07, 6.45) is 2.36. The number of hydrogen-bond acceptors (Lipinski definition) is 4. The van der Waals surface area contributed by atoms with Crippen molar-refractivity contribution in [3.05, 3.63) is 23.8 Å². The zero-order valence-electron chi connectivity index (χ0n) is 16.3. The van der Waals surface area contributed by atoms with Crippen molar-refractivity contribution < 1.29 is 24.2 Å². The number of amides is 2. The third kappa shape index (κ3) is 7.46. The quantitative estimate of drug-likeness (QED) is 0.643. The monoisotopic (exact) mass is 378 g/mol. The van der Waals surface area contributed by atoms with Crippen LogP contribution in [0.15, 0.2) is 18.2 Å². The number of urea groups is 1. The highest BCUT2D eigenvalue weighted by molar-refractivity contribution is 5.90. The van der Waals surface area contributed by atoms with Crippen LogP contribution in [0.3, 0.4) is 0 Å². The lowest BCUT2D eigenvalue weighted by Gasteiger charge is -2.26. The number of carboxylic acid groups (broad SMARTS) is 1. The molecule has 3 N–H and O–H groups in total. The number of ether oxygens (including phenoxy) is 2. The minimum atomic E-state index is -0.880. The van der Waals surface area contributed by atoms with Crippen LogP contribution in [-0.4, -0.2) is 42.5 Å². The van der Waals surface area contributed by atoms with Crippen LogP contribution in [0.4, 0.5) is 10.5 Å². The first-order valence-corrected chi connectivity index (χ1v) is 9.37. The maximum atomic E-state index is 12.2. The maximum absolute atomic E-state index is 12.2. The summed E-state index contributed by atoms with van der Waals surface area (Å²) >= 11 is 0. The van der Waals surface area contributed by atoms with E-state index >= 15 is 0 Å². The topological polar surface area (TPSA) is 96.9 Å². The molecular formula is C20H30N2O5. The average molecular weight is 378 g/mol. The van der Waals surface area contributed by atoms with E-state index < -0.39 is 11.5 Å². The Morgan fingerprint density at radius 1 is 1.30 bits per heavy atom. The lowest BCUT2D eigenvalue weighted by atomic mass is 9.99. The van der Waals surface area contributed by atoms with Gasteiger partial charge in [0.25, 0.3) is 0 Å². The normalized spacial score (nSPS) is 15.2. The number of carbonyl (C=O) groups is 2. The third-order valence-corrected chi connectivity index (χ3v) is 4.68. The lowest BCUT2D eigenvalue weighted by molar-refractivity contribution is -0.137. The third-order valence-electron chi connectivity index (χ3n) is 4.68. The van der Waals surface area contributed by atoms with Crippen LogP contribution in [0.1, 0.15) is 45.1 Å². The van der Waals surface area contributed by atoms with Gasteiger partial charge in [0.15, 0.2) is 0 Å². The zero-order chi connectivity index (χ0) is 19.9. The fourth-order valence-electron chi connectivity index (χ4n) is 2.91. The molecule has 0 atom stereocenters. The summed E-state index contributed by atoms with van der Waals surface area (Å²) < 4.78 is 11.3. The van der Waals surface area contributed by atoms with Gasteiger partial charge in [-0.25, -0.2) is 4.79 Å². The zero-order valence-corrected chi connectivity index (χ0v) is 16.3. The van der Waals surface area contributed by atoms with E-state index in [1.165, 1.54) is 0 Å². The molecule has 2 rings (SSSR count). The predicted molar refractivity (Wildman–Crippen MR) is 103 cm³/mol. The van der Waals surface area contributed by atoms with E-state index in [1.807, 2.05) is 25.1 Å². The summed E-state index contributed by atoms with van der Waals surface area (Å²) in [5.41, 5.74) is 1.03. The Balaban J connectivity index is 1.90. The van der Waals surface area contributed by atoms with E-state index in [9.17, 15) is 9.59 Å². The Hall–Kier alpha value is -2.28. The largest absolute Gasteiger partial charge is 0.493 e. The molecule has 150 valence electrons. The van der Waals surface area contributed by atoms with Gasteiger partial charge in [-0.3, -0.25) is 4.79 Å². The van der Waals surface area contributed by atoms with Gasteiger partial charge in [-0.1, -0.05) is 6.07 Å². The first kappa shape index (κ1) is 21.0. The van der Waals surface area contributed by atoms with Gasteiger partial charge in [0, 0.05) is 36.9 Å². The number of carboxylic acids is 1. The lowest BCUT2D eigenvalue weighted by Crippen LogP contribution is -2.45. The molecule has 1 aromatic carbocycles. The molecule has 1 fully saturated rings. The average Bonchev–Trinajstić information content (AvgIpc) is 2.61. The predicted octanol–water partition coefficient (Wildman–Crippen LogP) is 3.57. The molecule has 27 heavy (non-hydrogen) atoms. The molecule has 0 saturated carbocycles. The molecule has 2 amide bonds. The Morgan fingerprint density at radius 3 is 2.67 bits per heavy atom. The van der Waals surface area contributed by atoms with E-state index in [-0.39, 0.29) is 12.5 Å². The van der Waals surface area contributed by atoms with Gasteiger partial charge in [-0.15, -0.1) is 0 Å². The van der Waals surface area contributed by atoms with Gasteiger partial charge < -0.3 is 25.2 Å². The molecule has 1 saturated heterocycles. The molecule has 1 aliphatic rings. The smallest absolute Gasteiger partial charge is 0.319 e. The fraction of sp³-hybridized carbons (Fsp3) is 0.600. The standard InChI is InChI=1S/C20H30N2O5/c1-14-4-5-16(12-17(14)27-13-15-7-10-26-11-8-15)21-19(25)22-20(2,3)9-6-18(23)24/h4-5,12,15H,6-11,13H2,1-3H3,(H,23,24)(H2,21,22,25). The summed E-state index contributed by atoms with van der Waals surface area (Å²) in [6, 6.07) is 5.17. The van der Waals surface area contributed by atoms with Crippen molar-refractivity contribution in [2.75, 3.05) is 25.1 Å². The van der Waals surface area contributed by atoms with Crippen molar-refractivity contribution >= 4 is 17.7 Å². The molecular weight excluding hydrogens is 348 g/mol. The highest BCUT2D eigenvalue weighted by Crippen LogP contribution is 2.25. The fourth-order valence-corrected chi connectivity index (χ4v) is 2.91.